The molecule has 2 saturated heterocycles. The van der Waals surface area contributed by atoms with Gasteiger partial charge in [0.25, 0.3) is 10.2 Å². The van der Waals surface area contributed by atoms with Crippen LogP contribution < -0.4 is 0 Å². The Labute approximate surface area is 138 Å². The number of hydrogen-bond acceptors (Lipinski definition) is 4. The van der Waals surface area contributed by atoms with Gasteiger partial charge in [0.2, 0.25) is 0 Å². The van der Waals surface area contributed by atoms with Gasteiger partial charge in [-0.3, -0.25) is 0 Å². The largest absolute Gasteiger partial charge is 0.371 e. The standard InChI is InChI=1S/C16H24N2O4S/c1-17(2)23(19,20)18-11-15(16(13-18)9-6-10-22-16)21-12-14-7-4-3-5-8-14/h3-5,7-8,15H,6,9-13H2,1-2H3/t15-,16-/m0/s1. The first-order valence-corrected chi connectivity index (χ1v) is 9.31. The van der Waals surface area contributed by atoms with E-state index in [0.29, 0.717) is 26.3 Å². The molecule has 1 aromatic rings. The van der Waals surface area contributed by atoms with E-state index < -0.39 is 15.8 Å². The fourth-order valence-electron chi connectivity index (χ4n) is 3.30. The third kappa shape index (κ3) is 3.29. The van der Waals surface area contributed by atoms with Gasteiger partial charge in [0.15, 0.2) is 0 Å². The first-order valence-electron chi connectivity index (χ1n) is 7.91. The molecule has 2 fully saturated rings. The molecule has 0 radical (unpaired) electrons. The van der Waals surface area contributed by atoms with E-state index in [4.69, 9.17) is 9.47 Å². The maximum absolute atomic E-state index is 12.4. The molecular formula is C16H24N2O4S. The zero-order valence-electron chi connectivity index (χ0n) is 13.6. The molecule has 0 aliphatic carbocycles. The quantitative estimate of drug-likeness (QED) is 0.809. The zero-order valence-corrected chi connectivity index (χ0v) is 14.5. The van der Waals surface area contributed by atoms with Crippen molar-refractivity contribution in [3.05, 3.63) is 35.9 Å². The summed E-state index contributed by atoms with van der Waals surface area (Å²) in [6.07, 6.45) is 1.55. The molecule has 3 rings (SSSR count). The van der Waals surface area contributed by atoms with Crippen molar-refractivity contribution in [2.75, 3.05) is 33.8 Å². The first-order chi connectivity index (χ1) is 10.9. The molecule has 0 unspecified atom stereocenters. The van der Waals surface area contributed by atoms with Crippen LogP contribution in [0.25, 0.3) is 0 Å². The summed E-state index contributed by atoms with van der Waals surface area (Å²) in [5, 5.41) is 0. The van der Waals surface area contributed by atoms with Crippen molar-refractivity contribution in [3.8, 4) is 0 Å². The molecule has 1 aromatic carbocycles. The van der Waals surface area contributed by atoms with Crippen LogP contribution >= 0.6 is 0 Å². The fraction of sp³-hybridized carbons (Fsp3) is 0.625. The Balaban J connectivity index is 1.75. The molecule has 0 bridgehead atoms. The molecule has 0 aromatic heterocycles. The van der Waals surface area contributed by atoms with E-state index in [0.717, 1.165) is 18.4 Å². The van der Waals surface area contributed by atoms with Crippen LogP contribution in [-0.4, -0.2) is 62.5 Å². The van der Waals surface area contributed by atoms with Gasteiger partial charge in [-0.15, -0.1) is 0 Å². The number of benzene rings is 1. The van der Waals surface area contributed by atoms with Gasteiger partial charge < -0.3 is 9.47 Å². The highest BCUT2D eigenvalue weighted by Gasteiger charge is 2.53. The molecule has 23 heavy (non-hydrogen) atoms. The second kappa shape index (κ2) is 6.49. The van der Waals surface area contributed by atoms with Crippen LogP contribution in [0.4, 0.5) is 0 Å². The molecule has 2 atom stereocenters. The lowest BCUT2D eigenvalue weighted by molar-refractivity contribution is -0.0958. The van der Waals surface area contributed by atoms with Crippen molar-refractivity contribution in [2.24, 2.45) is 0 Å². The van der Waals surface area contributed by atoms with Crippen LogP contribution in [0.3, 0.4) is 0 Å². The monoisotopic (exact) mass is 340 g/mol. The van der Waals surface area contributed by atoms with E-state index in [9.17, 15) is 8.42 Å². The summed E-state index contributed by atoms with van der Waals surface area (Å²) in [7, 11) is -0.347. The smallest absolute Gasteiger partial charge is 0.281 e. The number of nitrogens with zero attached hydrogens (tertiary/aromatic N) is 2. The number of ether oxygens (including phenoxy) is 2. The highest BCUT2D eigenvalue weighted by atomic mass is 32.2. The van der Waals surface area contributed by atoms with Gasteiger partial charge in [-0.05, 0) is 18.4 Å². The lowest BCUT2D eigenvalue weighted by atomic mass is 9.96. The summed E-state index contributed by atoms with van der Waals surface area (Å²) in [4.78, 5) is 0. The van der Waals surface area contributed by atoms with E-state index in [1.807, 2.05) is 30.3 Å². The summed E-state index contributed by atoms with van der Waals surface area (Å²) in [5.41, 5.74) is 0.576. The first kappa shape index (κ1) is 16.9. The SMILES string of the molecule is CN(C)S(=O)(=O)N1C[C@H](OCc2ccccc2)[C@]2(CCCO2)C1. The van der Waals surface area contributed by atoms with Crippen molar-refractivity contribution >= 4 is 10.2 Å². The predicted octanol–water partition coefficient (Wildman–Crippen LogP) is 1.24. The predicted molar refractivity (Wildman–Crippen MR) is 87.1 cm³/mol. The second-order valence-electron chi connectivity index (χ2n) is 6.38. The summed E-state index contributed by atoms with van der Waals surface area (Å²) >= 11 is 0. The number of hydrogen-bond donors (Lipinski definition) is 0. The van der Waals surface area contributed by atoms with Gasteiger partial charge in [0.05, 0.1) is 6.61 Å². The minimum Gasteiger partial charge on any atom is -0.371 e. The molecule has 6 nitrogen and oxygen atoms in total. The molecule has 2 aliphatic rings. The van der Waals surface area contributed by atoms with E-state index in [1.165, 1.54) is 8.61 Å². The van der Waals surface area contributed by atoms with Gasteiger partial charge in [-0.1, -0.05) is 30.3 Å². The summed E-state index contributed by atoms with van der Waals surface area (Å²) in [5.74, 6) is 0. The van der Waals surface area contributed by atoms with Crippen LogP contribution in [0.2, 0.25) is 0 Å². The average molecular weight is 340 g/mol. The molecule has 0 N–H and O–H groups in total. The van der Waals surface area contributed by atoms with Crippen LogP contribution in [0.5, 0.6) is 0 Å². The lowest BCUT2D eigenvalue weighted by Crippen LogP contribution is -2.43. The van der Waals surface area contributed by atoms with Crippen molar-refractivity contribution in [2.45, 2.75) is 31.2 Å². The van der Waals surface area contributed by atoms with Gasteiger partial charge in [0.1, 0.15) is 11.7 Å². The highest BCUT2D eigenvalue weighted by Crippen LogP contribution is 2.38. The molecule has 2 aliphatic heterocycles. The van der Waals surface area contributed by atoms with Crippen LogP contribution in [0.15, 0.2) is 30.3 Å². The topological polar surface area (TPSA) is 59.1 Å². The fourth-order valence-corrected chi connectivity index (χ4v) is 4.46. The van der Waals surface area contributed by atoms with E-state index in [-0.39, 0.29) is 6.10 Å². The average Bonchev–Trinajstić information content (AvgIpc) is 3.15. The van der Waals surface area contributed by atoms with Crippen LogP contribution in [0, 0.1) is 0 Å². The molecule has 7 heteroatoms. The van der Waals surface area contributed by atoms with Crippen LogP contribution in [-0.2, 0) is 26.3 Å². The Bertz CT molecular complexity index is 627. The Morgan fingerprint density at radius 1 is 1.35 bits per heavy atom. The van der Waals surface area contributed by atoms with Crippen molar-refractivity contribution in [1.29, 1.82) is 0 Å². The zero-order chi connectivity index (χ0) is 16.5. The lowest BCUT2D eigenvalue weighted by Gasteiger charge is -2.29. The maximum Gasteiger partial charge on any atom is 0.281 e. The van der Waals surface area contributed by atoms with Gasteiger partial charge in [-0.2, -0.15) is 17.0 Å². The summed E-state index contributed by atoms with van der Waals surface area (Å²) < 4.78 is 39.6. The Morgan fingerprint density at radius 2 is 2.09 bits per heavy atom. The Hall–Kier alpha value is -0.990. The normalized spacial score (nSPS) is 28.9. The molecule has 128 valence electrons. The Morgan fingerprint density at radius 3 is 2.70 bits per heavy atom. The van der Waals surface area contributed by atoms with Crippen molar-refractivity contribution < 1.29 is 17.9 Å². The molecule has 0 amide bonds. The van der Waals surface area contributed by atoms with E-state index in [2.05, 4.69) is 0 Å². The summed E-state index contributed by atoms with van der Waals surface area (Å²) in [6, 6.07) is 9.92. The number of rotatable bonds is 5. The maximum atomic E-state index is 12.4. The minimum atomic E-state index is -3.45. The van der Waals surface area contributed by atoms with E-state index >= 15 is 0 Å². The third-order valence-electron chi connectivity index (χ3n) is 4.62. The molecule has 2 heterocycles. The summed E-state index contributed by atoms with van der Waals surface area (Å²) in [6.45, 7) is 1.84. The van der Waals surface area contributed by atoms with E-state index in [1.54, 1.807) is 14.1 Å². The van der Waals surface area contributed by atoms with Gasteiger partial charge in [0, 0.05) is 33.8 Å². The minimum absolute atomic E-state index is 0.236. The highest BCUT2D eigenvalue weighted by molar-refractivity contribution is 7.86. The second-order valence-corrected chi connectivity index (χ2v) is 8.53. The Kier molecular flexibility index (Phi) is 4.75. The van der Waals surface area contributed by atoms with Crippen molar-refractivity contribution in [3.63, 3.8) is 0 Å². The molecular weight excluding hydrogens is 316 g/mol. The van der Waals surface area contributed by atoms with Gasteiger partial charge in [-0.25, -0.2) is 0 Å². The third-order valence-corrected chi connectivity index (χ3v) is 6.47. The molecule has 1 spiro atoms. The van der Waals surface area contributed by atoms with Crippen molar-refractivity contribution in [1.82, 2.24) is 8.61 Å². The molecule has 0 saturated carbocycles. The van der Waals surface area contributed by atoms with Gasteiger partial charge >= 0.3 is 0 Å². The van der Waals surface area contributed by atoms with Crippen LogP contribution in [0.1, 0.15) is 18.4 Å².